The quantitative estimate of drug-likeness (QED) is 0.177. The maximum atomic E-state index is 10.9. The molecule has 0 aromatic heterocycles. The molecular formula is C9H18N2O6S. The molecule has 1 saturated heterocycles. The van der Waals surface area contributed by atoms with Gasteiger partial charge in [0, 0.05) is 12.2 Å². The van der Waals surface area contributed by atoms with Gasteiger partial charge in [-0.25, -0.2) is 5.84 Å². The molecule has 5 atom stereocenters. The van der Waals surface area contributed by atoms with E-state index in [-0.39, 0.29) is 12.3 Å². The van der Waals surface area contributed by atoms with E-state index in [9.17, 15) is 20.1 Å². The zero-order chi connectivity index (χ0) is 13.7. The molecule has 0 aromatic carbocycles. The number of carbonyl (C=O) groups excluding carboxylic acids is 1. The van der Waals surface area contributed by atoms with Crippen LogP contribution < -0.4 is 11.3 Å². The highest BCUT2D eigenvalue weighted by Gasteiger charge is 2.43. The van der Waals surface area contributed by atoms with E-state index >= 15 is 0 Å². The van der Waals surface area contributed by atoms with Gasteiger partial charge in [-0.3, -0.25) is 10.2 Å². The van der Waals surface area contributed by atoms with Crippen molar-refractivity contribution in [1.29, 1.82) is 0 Å². The van der Waals surface area contributed by atoms with E-state index in [1.807, 2.05) is 5.43 Å². The second kappa shape index (κ2) is 7.24. The summed E-state index contributed by atoms with van der Waals surface area (Å²) in [5.74, 6) is 4.88. The van der Waals surface area contributed by atoms with Crippen molar-refractivity contribution < 1.29 is 30.0 Å². The topological polar surface area (TPSA) is 145 Å². The predicted octanol–water partition coefficient (Wildman–Crippen LogP) is -3.10. The minimum atomic E-state index is -1.39. The molecule has 1 amide bonds. The molecule has 0 radical (unpaired) electrons. The van der Waals surface area contributed by atoms with Crippen LogP contribution in [0, 0.1) is 0 Å². The third kappa shape index (κ3) is 3.79. The van der Waals surface area contributed by atoms with Crippen molar-refractivity contribution >= 4 is 17.7 Å². The number of thioether (sulfide) groups is 1. The highest BCUT2D eigenvalue weighted by Crippen LogP contribution is 2.28. The molecule has 1 aliphatic heterocycles. The fourth-order valence-electron chi connectivity index (χ4n) is 1.55. The second-order valence-electron chi connectivity index (χ2n) is 3.89. The number of amides is 1. The van der Waals surface area contributed by atoms with Crippen LogP contribution in [0.3, 0.4) is 0 Å². The second-order valence-corrected chi connectivity index (χ2v) is 5.09. The first-order chi connectivity index (χ1) is 8.51. The molecule has 0 aromatic rings. The van der Waals surface area contributed by atoms with Crippen LogP contribution >= 0.6 is 11.8 Å². The van der Waals surface area contributed by atoms with Crippen LogP contribution in [0.5, 0.6) is 0 Å². The third-order valence-corrected chi connectivity index (χ3v) is 3.78. The SMILES string of the molecule is NNC(=O)CCS[C@@H]1O[C@H](CO)[C@H](O)[C@H](O)[C@H]1O. The number of carbonyl (C=O) groups is 1. The molecule has 7 N–H and O–H groups in total. The van der Waals surface area contributed by atoms with E-state index < -0.39 is 36.5 Å². The van der Waals surface area contributed by atoms with Gasteiger partial charge in [0.25, 0.3) is 0 Å². The fourth-order valence-corrected chi connectivity index (χ4v) is 2.66. The minimum Gasteiger partial charge on any atom is -0.394 e. The number of hydrogen-bond donors (Lipinski definition) is 6. The number of aliphatic hydroxyl groups is 4. The summed E-state index contributed by atoms with van der Waals surface area (Å²) in [5, 5.41) is 37.7. The number of hydrogen-bond acceptors (Lipinski definition) is 8. The van der Waals surface area contributed by atoms with Gasteiger partial charge in [0.1, 0.15) is 29.9 Å². The molecule has 0 aliphatic carbocycles. The van der Waals surface area contributed by atoms with Gasteiger partial charge in [-0.15, -0.1) is 11.8 Å². The predicted molar refractivity (Wildman–Crippen MR) is 63.2 cm³/mol. The summed E-state index contributed by atoms with van der Waals surface area (Å²) < 4.78 is 5.24. The summed E-state index contributed by atoms with van der Waals surface area (Å²) in [6, 6.07) is 0. The van der Waals surface area contributed by atoms with Crippen molar-refractivity contribution in [2.75, 3.05) is 12.4 Å². The van der Waals surface area contributed by atoms with Gasteiger partial charge in [-0.1, -0.05) is 0 Å². The molecule has 1 fully saturated rings. The molecule has 106 valence electrons. The van der Waals surface area contributed by atoms with Gasteiger partial charge in [-0.2, -0.15) is 0 Å². The summed E-state index contributed by atoms with van der Waals surface area (Å²) in [6.45, 7) is -0.467. The van der Waals surface area contributed by atoms with Crippen molar-refractivity contribution in [3.8, 4) is 0 Å². The lowest BCUT2D eigenvalue weighted by molar-refractivity contribution is -0.205. The van der Waals surface area contributed by atoms with Crippen molar-refractivity contribution in [2.45, 2.75) is 36.3 Å². The van der Waals surface area contributed by atoms with Gasteiger partial charge < -0.3 is 25.2 Å². The standard InChI is InChI=1S/C9H18N2O6S/c10-11-5(13)1-2-18-9-8(16)7(15)6(14)4(3-12)17-9/h4,6-9,12,14-16H,1-3,10H2,(H,11,13)/t4-,6+,7+,8-,9+/m1/s1. The third-order valence-electron chi connectivity index (χ3n) is 2.62. The largest absolute Gasteiger partial charge is 0.394 e. The van der Waals surface area contributed by atoms with Crippen LogP contribution in [0.4, 0.5) is 0 Å². The Hall–Kier alpha value is -0.420. The Morgan fingerprint density at radius 3 is 2.50 bits per heavy atom. The minimum absolute atomic E-state index is 0.135. The Balaban J connectivity index is 2.46. The molecule has 0 unspecified atom stereocenters. The Kier molecular flexibility index (Phi) is 6.29. The molecule has 1 heterocycles. The number of hydrazine groups is 1. The van der Waals surface area contributed by atoms with E-state index in [1.54, 1.807) is 0 Å². The van der Waals surface area contributed by atoms with E-state index in [1.165, 1.54) is 0 Å². The molecule has 1 aliphatic rings. The number of nitrogens with two attached hydrogens (primary N) is 1. The lowest BCUT2D eigenvalue weighted by Gasteiger charge is -2.39. The van der Waals surface area contributed by atoms with E-state index in [0.717, 1.165) is 11.8 Å². The Morgan fingerprint density at radius 2 is 1.94 bits per heavy atom. The number of nitrogens with one attached hydrogen (secondary N) is 1. The molecular weight excluding hydrogens is 264 g/mol. The summed E-state index contributed by atoms with van der Waals surface area (Å²) in [6.07, 6.45) is -4.83. The Labute approximate surface area is 108 Å². The first kappa shape index (κ1) is 15.6. The fraction of sp³-hybridized carbons (Fsp3) is 0.889. The van der Waals surface area contributed by atoms with Crippen molar-refractivity contribution in [3.05, 3.63) is 0 Å². The highest BCUT2D eigenvalue weighted by atomic mass is 32.2. The maximum Gasteiger partial charge on any atom is 0.234 e. The normalized spacial score (nSPS) is 36.4. The van der Waals surface area contributed by atoms with Crippen LogP contribution in [-0.2, 0) is 9.53 Å². The molecule has 18 heavy (non-hydrogen) atoms. The first-order valence-electron chi connectivity index (χ1n) is 5.42. The summed E-state index contributed by atoms with van der Waals surface area (Å²) >= 11 is 1.10. The number of rotatable bonds is 5. The number of aliphatic hydroxyl groups excluding tert-OH is 4. The van der Waals surface area contributed by atoms with Gasteiger partial charge in [0.05, 0.1) is 6.61 Å². The van der Waals surface area contributed by atoms with Gasteiger partial charge in [-0.05, 0) is 0 Å². The van der Waals surface area contributed by atoms with Gasteiger partial charge in [0.15, 0.2) is 0 Å². The van der Waals surface area contributed by atoms with Gasteiger partial charge >= 0.3 is 0 Å². The molecule has 0 spiro atoms. The van der Waals surface area contributed by atoms with Crippen LogP contribution in [0.15, 0.2) is 0 Å². The maximum absolute atomic E-state index is 10.9. The molecule has 1 rings (SSSR count). The first-order valence-corrected chi connectivity index (χ1v) is 6.47. The van der Waals surface area contributed by atoms with Crippen LogP contribution in [-0.4, -0.2) is 68.5 Å². The van der Waals surface area contributed by atoms with Gasteiger partial charge in [0.2, 0.25) is 5.91 Å². The average molecular weight is 282 g/mol. The Morgan fingerprint density at radius 1 is 1.28 bits per heavy atom. The lowest BCUT2D eigenvalue weighted by atomic mass is 10.0. The molecule has 8 nitrogen and oxygen atoms in total. The summed E-state index contributed by atoms with van der Waals surface area (Å²) in [7, 11) is 0. The van der Waals surface area contributed by atoms with Crippen LogP contribution in [0.2, 0.25) is 0 Å². The van der Waals surface area contributed by atoms with E-state index in [2.05, 4.69) is 0 Å². The lowest BCUT2D eigenvalue weighted by Crippen LogP contribution is -2.57. The zero-order valence-corrected chi connectivity index (χ0v) is 10.4. The molecule has 9 heteroatoms. The molecule has 0 saturated carbocycles. The monoisotopic (exact) mass is 282 g/mol. The number of ether oxygens (including phenoxy) is 1. The summed E-state index contributed by atoms with van der Waals surface area (Å²) in [5.41, 5.74) is 1.15. The average Bonchev–Trinajstić information content (AvgIpc) is 2.38. The summed E-state index contributed by atoms with van der Waals surface area (Å²) in [4.78, 5) is 10.9. The van der Waals surface area contributed by atoms with Crippen molar-refractivity contribution in [2.24, 2.45) is 5.84 Å². The van der Waals surface area contributed by atoms with Crippen LogP contribution in [0.25, 0.3) is 0 Å². The van der Waals surface area contributed by atoms with E-state index in [4.69, 9.17) is 15.7 Å². The smallest absolute Gasteiger partial charge is 0.234 e. The van der Waals surface area contributed by atoms with Crippen molar-refractivity contribution in [1.82, 2.24) is 5.43 Å². The Bertz CT molecular complexity index is 280. The van der Waals surface area contributed by atoms with Crippen LogP contribution in [0.1, 0.15) is 6.42 Å². The highest BCUT2D eigenvalue weighted by molar-refractivity contribution is 7.99. The van der Waals surface area contributed by atoms with Crippen molar-refractivity contribution in [3.63, 3.8) is 0 Å². The molecule has 0 bridgehead atoms. The zero-order valence-electron chi connectivity index (χ0n) is 9.60. The van der Waals surface area contributed by atoms with E-state index in [0.29, 0.717) is 5.75 Å².